The number of halogens is 6. The van der Waals surface area contributed by atoms with Gasteiger partial charge in [0.1, 0.15) is 11.9 Å². The summed E-state index contributed by atoms with van der Waals surface area (Å²) >= 11 is 0. The molecular weight excluding hydrogens is 332 g/mol. The Morgan fingerprint density at radius 1 is 1.04 bits per heavy atom. The standard InChI is InChI=1S/C13H9F6NO3/c1-3(23-13(22)4-2-5(4)14)12(21)20-11-9(18)7(16)6(15)8(17)10(11)19/h3-5H,2H2,1H3,(H,20,21)/t3?,4-,5+/m0/s1. The molecule has 1 aromatic carbocycles. The number of anilines is 1. The van der Waals surface area contributed by atoms with Crippen molar-refractivity contribution in [2.75, 3.05) is 5.32 Å². The van der Waals surface area contributed by atoms with Gasteiger partial charge in [0.2, 0.25) is 5.82 Å². The number of alkyl halides is 1. The predicted molar refractivity (Wildman–Crippen MR) is 63.4 cm³/mol. The molecule has 0 radical (unpaired) electrons. The maximum Gasteiger partial charge on any atom is 0.312 e. The third-order valence-corrected chi connectivity index (χ3v) is 3.14. The molecule has 0 heterocycles. The van der Waals surface area contributed by atoms with Crippen molar-refractivity contribution in [3.8, 4) is 0 Å². The molecule has 2 rings (SSSR count). The Morgan fingerprint density at radius 2 is 1.48 bits per heavy atom. The van der Waals surface area contributed by atoms with E-state index < -0.39 is 64.8 Å². The average Bonchev–Trinajstić information content (AvgIpc) is 3.24. The maximum absolute atomic E-state index is 13.4. The maximum atomic E-state index is 13.4. The average molecular weight is 341 g/mol. The highest BCUT2D eigenvalue weighted by Gasteiger charge is 2.46. The van der Waals surface area contributed by atoms with E-state index in [9.17, 15) is 35.9 Å². The van der Waals surface area contributed by atoms with Crippen molar-refractivity contribution in [2.45, 2.75) is 25.6 Å². The molecule has 1 amide bonds. The van der Waals surface area contributed by atoms with Crippen molar-refractivity contribution in [2.24, 2.45) is 5.92 Å². The number of amides is 1. The van der Waals surface area contributed by atoms with Crippen LogP contribution in [0.1, 0.15) is 13.3 Å². The third-order valence-electron chi connectivity index (χ3n) is 3.14. The lowest BCUT2D eigenvalue weighted by molar-refractivity contribution is -0.154. The van der Waals surface area contributed by atoms with Crippen LogP contribution in [-0.4, -0.2) is 24.2 Å². The molecule has 126 valence electrons. The quantitative estimate of drug-likeness (QED) is 0.396. The van der Waals surface area contributed by atoms with Crippen LogP contribution in [0.3, 0.4) is 0 Å². The van der Waals surface area contributed by atoms with E-state index >= 15 is 0 Å². The summed E-state index contributed by atoms with van der Waals surface area (Å²) in [6, 6.07) is 0. The molecule has 1 fully saturated rings. The summed E-state index contributed by atoms with van der Waals surface area (Å²) in [7, 11) is 0. The van der Waals surface area contributed by atoms with Crippen LogP contribution >= 0.6 is 0 Å². The second kappa shape index (κ2) is 6.09. The Labute approximate surface area is 125 Å². The fraction of sp³-hybridized carbons (Fsp3) is 0.385. The first-order chi connectivity index (χ1) is 10.6. The predicted octanol–water partition coefficient (Wildman–Crippen LogP) is 2.61. The monoisotopic (exact) mass is 341 g/mol. The molecule has 23 heavy (non-hydrogen) atoms. The summed E-state index contributed by atoms with van der Waals surface area (Å²) in [5.41, 5.74) is -1.57. The molecule has 4 nitrogen and oxygen atoms in total. The third kappa shape index (κ3) is 3.25. The first-order valence-electron chi connectivity index (χ1n) is 6.32. The van der Waals surface area contributed by atoms with E-state index in [4.69, 9.17) is 0 Å². The zero-order chi connectivity index (χ0) is 17.5. The van der Waals surface area contributed by atoms with Crippen LogP contribution in [0.5, 0.6) is 0 Å². The first-order valence-corrected chi connectivity index (χ1v) is 6.32. The zero-order valence-electron chi connectivity index (χ0n) is 11.4. The molecule has 1 N–H and O–H groups in total. The Hall–Kier alpha value is -2.26. The molecule has 0 saturated heterocycles. The molecule has 0 aliphatic heterocycles. The minimum absolute atomic E-state index is 0.0647. The first kappa shape index (κ1) is 17.1. The van der Waals surface area contributed by atoms with Crippen molar-refractivity contribution >= 4 is 17.6 Å². The zero-order valence-corrected chi connectivity index (χ0v) is 11.4. The molecule has 10 heteroatoms. The van der Waals surface area contributed by atoms with Gasteiger partial charge in [0.25, 0.3) is 5.91 Å². The van der Waals surface area contributed by atoms with Gasteiger partial charge in [-0.05, 0) is 13.3 Å². The minimum atomic E-state index is -2.37. The molecule has 0 aromatic heterocycles. The van der Waals surface area contributed by atoms with E-state index in [0.717, 1.165) is 6.92 Å². The Bertz CT molecular complexity index is 651. The van der Waals surface area contributed by atoms with E-state index in [1.54, 1.807) is 0 Å². The van der Waals surface area contributed by atoms with Crippen LogP contribution in [0, 0.1) is 35.0 Å². The smallest absolute Gasteiger partial charge is 0.312 e. The van der Waals surface area contributed by atoms with Crippen LogP contribution in [0.25, 0.3) is 0 Å². The number of nitrogens with one attached hydrogen (secondary N) is 1. The summed E-state index contributed by atoms with van der Waals surface area (Å²) in [4.78, 5) is 22.9. The lowest BCUT2D eigenvalue weighted by Gasteiger charge is -2.14. The van der Waals surface area contributed by atoms with Gasteiger partial charge >= 0.3 is 5.97 Å². The number of esters is 1. The summed E-state index contributed by atoms with van der Waals surface area (Å²) in [6.07, 6.45) is -3.07. The Balaban J connectivity index is 2.12. The number of carbonyl (C=O) groups is 2. The highest BCUT2D eigenvalue weighted by atomic mass is 19.2. The van der Waals surface area contributed by atoms with Crippen molar-refractivity contribution in [3.05, 3.63) is 29.1 Å². The van der Waals surface area contributed by atoms with Gasteiger partial charge in [-0.25, -0.2) is 26.3 Å². The van der Waals surface area contributed by atoms with Gasteiger partial charge in [-0.3, -0.25) is 9.59 Å². The van der Waals surface area contributed by atoms with Crippen LogP contribution in [0.15, 0.2) is 0 Å². The van der Waals surface area contributed by atoms with Gasteiger partial charge in [-0.15, -0.1) is 0 Å². The highest BCUT2D eigenvalue weighted by molar-refractivity contribution is 5.95. The SMILES string of the molecule is CC(OC(=O)[C@H]1C[C@H]1F)C(=O)Nc1c(F)c(F)c(F)c(F)c1F. The van der Waals surface area contributed by atoms with Crippen LogP contribution in [0.2, 0.25) is 0 Å². The van der Waals surface area contributed by atoms with Crippen LogP contribution < -0.4 is 5.32 Å². The second-order valence-electron chi connectivity index (χ2n) is 4.87. The van der Waals surface area contributed by atoms with Gasteiger partial charge in [0, 0.05) is 0 Å². The topological polar surface area (TPSA) is 55.4 Å². The lowest BCUT2D eigenvalue weighted by Crippen LogP contribution is -2.31. The molecule has 1 saturated carbocycles. The van der Waals surface area contributed by atoms with E-state index in [-0.39, 0.29) is 6.42 Å². The molecule has 1 aromatic rings. The lowest BCUT2D eigenvalue weighted by atomic mass is 10.2. The van der Waals surface area contributed by atoms with Gasteiger partial charge in [0.15, 0.2) is 29.4 Å². The van der Waals surface area contributed by atoms with Crippen molar-refractivity contribution in [1.29, 1.82) is 0 Å². The van der Waals surface area contributed by atoms with E-state index in [2.05, 4.69) is 4.74 Å². The van der Waals surface area contributed by atoms with Crippen molar-refractivity contribution in [1.82, 2.24) is 0 Å². The number of rotatable bonds is 4. The van der Waals surface area contributed by atoms with Crippen molar-refractivity contribution in [3.63, 3.8) is 0 Å². The molecule has 1 aliphatic carbocycles. The minimum Gasteiger partial charge on any atom is -0.452 e. The van der Waals surface area contributed by atoms with Crippen LogP contribution in [-0.2, 0) is 14.3 Å². The molecule has 1 unspecified atom stereocenters. The van der Waals surface area contributed by atoms with Gasteiger partial charge < -0.3 is 10.1 Å². The number of hydrogen-bond acceptors (Lipinski definition) is 3. The molecule has 1 aliphatic rings. The summed E-state index contributed by atoms with van der Waals surface area (Å²) in [6.45, 7) is 0.995. The normalized spacial score (nSPS) is 20.8. The van der Waals surface area contributed by atoms with Gasteiger partial charge in [-0.2, -0.15) is 0 Å². The molecular formula is C13H9F6NO3. The Kier molecular flexibility index (Phi) is 4.53. The fourth-order valence-corrected chi connectivity index (χ4v) is 1.66. The largest absolute Gasteiger partial charge is 0.452 e. The fourth-order valence-electron chi connectivity index (χ4n) is 1.66. The second-order valence-corrected chi connectivity index (χ2v) is 4.87. The number of benzene rings is 1. The number of ether oxygens (including phenoxy) is 1. The van der Waals surface area contributed by atoms with E-state index in [1.807, 2.05) is 0 Å². The van der Waals surface area contributed by atoms with E-state index in [1.165, 1.54) is 5.32 Å². The summed E-state index contributed by atoms with van der Waals surface area (Å²) in [5.74, 6) is -14.7. The van der Waals surface area contributed by atoms with Crippen LogP contribution in [0.4, 0.5) is 32.0 Å². The van der Waals surface area contributed by atoms with Gasteiger partial charge in [0.05, 0.1) is 5.92 Å². The molecule has 0 bridgehead atoms. The van der Waals surface area contributed by atoms with Crippen molar-refractivity contribution < 1.29 is 40.7 Å². The number of carbonyl (C=O) groups excluding carboxylic acids is 2. The van der Waals surface area contributed by atoms with Gasteiger partial charge in [-0.1, -0.05) is 0 Å². The summed E-state index contributed by atoms with van der Waals surface area (Å²) in [5, 5.41) is 1.46. The molecule has 3 atom stereocenters. The summed E-state index contributed by atoms with van der Waals surface area (Å²) < 4.78 is 82.8. The number of hydrogen-bond donors (Lipinski definition) is 1. The Morgan fingerprint density at radius 3 is 1.91 bits per heavy atom. The highest BCUT2D eigenvalue weighted by Crippen LogP contribution is 2.35. The van der Waals surface area contributed by atoms with E-state index in [0.29, 0.717) is 0 Å². The molecule has 0 spiro atoms.